The molecule has 4 aromatic heterocycles. The van der Waals surface area contributed by atoms with Crippen LogP contribution in [0.4, 0.5) is 0 Å². The van der Waals surface area contributed by atoms with Gasteiger partial charge in [-0.25, -0.2) is 4.98 Å². The second-order valence-corrected chi connectivity index (χ2v) is 6.19. The summed E-state index contributed by atoms with van der Waals surface area (Å²) >= 11 is 1.72. The van der Waals surface area contributed by atoms with Gasteiger partial charge in [0.15, 0.2) is 0 Å². The lowest BCUT2D eigenvalue weighted by Crippen LogP contribution is -1.86. The first-order chi connectivity index (χ1) is 10.7. The van der Waals surface area contributed by atoms with Crippen molar-refractivity contribution in [3.63, 3.8) is 0 Å². The summed E-state index contributed by atoms with van der Waals surface area (Å²) in [4.78, 5) is 9.13. The van der Waals surface area contributed by atoms with Crippen LogP contribution in [0.2, 0.25) is 0 Å². The highest BCUT2D eigenvalue weighted by molar-refractivity contribution is 7.17. The van der Waals surface area contributed by atoms with Gasteiger partial charge in [0.25, 0.3) is 0 Å². The average molecular weight is 306 g/mol. The topological polar surface area (TPSA) is 43.6 Å². The molecule has 0 aliphatic heterocycles. The Morgan fingerprint density at radius 1 is 1.14 bits per heavy atom. The van der Waals surface area contributed by atoms with Crippen LogP contribution in [-0.4, -0.2) is 19.7 Å². The van der Waals surface area contributed by atoms with Gasteiger partial charge in [-0.05, 0) is 36.8 Å². The minimum absolute atomic E-state index is 0.950. The first-order valence-corrected chi connectivity index (χ1v) is 7.89. The third kappa shape index (κ3) is 2.19. The summed E-state index contributed by atoms with van der Waals surface area (Å²) in [6.45, 7) is 2.01. The van der Waals surface area contributed by atoms with Gasteiger partial charge in [0.1, 0.15) is 0 Å². The van der Waals surface area contributed by atoms with Crippen LogP contribution in [0.1, 0.15) is 5.69 Å². The molecule has 0 radical (unpaired) electrons. The van der Waals surface area contributed by atoms with Crippen molar-refractivity contribution in [3.05, 3.63) is 53.9 Å². The number of thiophene rings is 1. The summed E-state index contributed by atoms with van der Waals surface area (Å²) in [6, 6.07) is 8.32. The van der Waals surface area contributed by atoms with Crippen molar-refractivity contribution in [1.82, 2.24) is 19.7 Å². The van der Waals surface area contributed by atoms with E-state index >= 15 is 0 Å². The molecule has 0 saturated heterocycles. The standard InChI is InChI=1S/C17H14N4S/c1-11-7-12(5-6-18-11)14-10-22-16-4-3-15(20-17(14)16)13-8-19-21(2)9-13/h3-10H,1-2H3. The van der Waals surface area contributed by atoms with Crippen LogP contribution in [0, 0.1) is 6.92 Å². The maximum Gasteiger partial charge on any atom is 0.0895 e. The van der Waals surface area contributed by atoms with Crippen LogP contribution in [0.15, 0.2) is 48.2 Å². The van der Waals surface area contributed by atoms with Crippen molar-refractivity contribution in [2.24, 2.45) is 7.05 Å². The molecular formula is C17H14N4S. The van der Waals surface area contributed by atoms with E-state index in [1.807, 2.05) is 38.6 Å². The Labute approximate surface area is 132 Å². The van der Waals surface area contributed by atoms with E-state index in [-0.39, 0.29) is 0 Å². The van der Waals surface area contributed by atoms with E-state index in [9.17, 15) is 0 Å². The number of hydrogen-bond donors (Lipinski definition) is 0. The van der Waals surface area contributed by atoms with Crippen molar-refractivity contribution in [2.45, 2.75) is 6.92 Å². The normalized spacial score (nSPS) is 11.2. The van der Waals surface area contributed by atoms with Gasteiger partial charge in [-0.2, -0.15) is 5.10 Å². The molecule has 0 aliphatic carbocycles. The molecule has 0 spiro atoms. The molecule has 0 amide bonds. The first-order valence-electron chi connectivity index (χ1n) is 7.01. The average Bonchev–Trinajstić information content (AvgIpc) is 3.12. The lowest BCUT2D eigenvalue weighted by Gasteiger charge is -2.02. The number of fused-ring (bicyclic) bond motifs is 1. The molecule has 0 atom stereocenters. The van der Waals surface area contributed by atoms with Crippen molar-refractivity contribution in [1.29, 1.82) is 0 Å². The van der Waals surface area contributed by atoms with E-state index in [1.165, 1.54) is 4.70 Å². The lowest BCUT2D eigenvalue weighted by molar-refractivity contribution is 0.768. The van der Waals surface area contributed by atoms with E-state index in [4.69, 9.17) is 4.98 Å². The summed E-state index contributed by atoms with van der Waals surface area (Å²) in [5.74, 6) is 0. The molecule has 5 heteroatoms. The quantitative estimate of drug-likeness (QED) is 0.561. The summed E-state index contributed by atoms with van der Waals surface area (Å²) in [5.41, 5.74) is 6.36. The molecular weight excluding hydrogens is 292 g/mol. The molecule has 4 heterocycles. The molecule has 0 bridgehead atoms. The van der Waals surface area contributed by atoms with E-state index < -0.39 is 0 Å². The monoisotopic (exact) mass is 306 g/mol. The smallest absolute Gasteiger partial charge is 0.0895 e. The summed E-state index contributed by atoms with van der Waals surface area (Å²) < 4.78 is 2.99. The number of aryl methyl sites for hydroxylation is 2. The zero-order valence-corrected chi connectivity index (χ0v) is 13.1. The number of rotatable bonds is 2. The van der Waals surface area contributed by atoms with Crippen LogP contribution < -0.4 is 0 Å². The Hall–Kier alpha value is -2.53. The fraction of sp³-hybridized carbons (Fsp3) is 0.118. The fourth-order valence-corrected chi connectivity index (χ4v) is 3.45. The highest BCUT2D eigenvalue weighted by Gasteiger charge is 2.11. The van der Waals surface area contributed by atoms with Crippen LogP contribution >= 0.6 is 11.3 Å². The van der Waals surface area contributed by atoms with Gasteiger partial charge in [-0.15, -0.1) is 11.3 Å². The van der Waals surface area contributed by atoms with Crippen molar-refractivity contribution in [3.8, 4) is 22.4 Å². The summed E-state index contributed by atoms with van der Waals surface area (Å²) in [5, 5.41) is 6.39. The highest BCUT2D eigenvalue weighted by Crippen LogP contribution is 2.34. The molecule has 4 nitrogen and oxygen atoms in total. The van der Waals surface area contributed by atoms with E-state index in [0.717, 1.165) is 33.6 Å². The molecule has 22 heavy (non-hydrogen) atoms. The predicted octanol–water partition coefficient (Wildman–Crippen LogP) is 4.07. The SMILES string of the molecule is Cc1cc(-c2csc3ccc(-c4cnn(C)c4)nc23)ccn1. The minimum Gasteiger partial charge on any atom is -0.275 e. The van der Waals surface area contributed by atoms with Crippen LogP contribution in [0.5, 0.6) is 0 Å². The summed E-state index contributed by atoms with van der Waals surface area (Å²) in [7, 11) is 1.91. The Bertz CT molecular complexity index is 968. The third-order valence-electron chi connectivity index (χ3n) is 3.63. The maximum absolute atomic E-state index is 4.86. The second-order valence-electron chi connectivity index (χ2n) is 5.28. The molecule has 0 N–H and O–H groups in total. The number of aromatic nitrogens is 4. The summed E-state index contributed by atoms with van der Waals surface area (Å²) in [6.07, 6.45) is 5.67. The van der Waals surface area contributed by atoms with Gasteiger partial charge in [-0.3, -0.25) is 9.67 Å². The van der Waals surface area contributed by atoms with Gasteiger partial charge in [0.2, 0.25) is 0 Å². The molecule has 0 aromatic carbocycles. The Balaban J connectivity index is 1.90. The van der Waals surface area contributed by atoms with Crippen molar-refractivity contribution >= 4 is 21.6 Å². The van der Waals surface area contributed by atoms with E-state index in [2.05, 4.69) is 33.7 Å². The number of pyridine rings is 2. The van der Waals surface area contributed by atoms with Gasteiger partial charge in [-0.1, -0.05) is 0 Å². The van der Waals surface area contributed by atoms with Crippen molar-refractivity contribution in [2.75, 3.05) is 0 Å². The Morgan fingerprint density at radius 2 is 2.05 bits per heavy atom. The second kappa shape index (κ2) is 5.03. The van der Waals surface area contributed by atoms with E-state index in [1.54, 1.807) is 16.0 Å². The molecule has 0 fully saturated rings. The van der Waals surface area contributed by atoms with Crippen LogP contribution in [-0.2, 0) is 7.05 Å². The zero-order valence-electron chi connectivity index (χ0n) is 12.3. The molecule has 0 unspecified atom stereocenters. The molecule has 0 saturated carbocycles. The number of hydrogen-bond acceptors (Lipinski definition) is 4. The van der Waals surface area contributed by atoms with Gasteiger partial charge >= 0.3 is 0 Å². The Morgan fingerprint density at radius 3 is 2.82 bits per heavy atom. The fourth-order valence-electron chi connectivity index (χ4n) is 2.54. The lowest BCUT2D eigenvalue weighted by atomic mass is 10.1. The first kappa shape index (κ1) is 13.2. The maximum atomic E-state index is 4.86. The van der Waals surface area contributed by atoms with Gasteiger partial charge < -0.3 is 0 Å². The van der Waals surface area contributed by atoms with Gasteiger partial charge in [0.05, 0.1) is 22.1 Å². The van der Waals surface area contributed by atoms with E-state index in [0.29, 0.717) is 0 Å². The largest absolute Gasteiger partial charge is 0.275 e. The van der Waals surface area contributed by atoms with Crippen LogP contribution in [0.25, 0.3) is 32.6 Å². The molecule has 4 rings (SSSR count). The molecule has 0 aliphatic rings. The predicted molar refractivity (Wildman–Crippen MR) is 89.8 cm³/mol. The van der Waals surface area contributed by atoms with Gasteiger partial charge in [0, 0.05) is 41.6 Å². The third-order valence-corrected chi connectivity index (χ3v) is 4.56. The number of nitrogens with zero attached hydrogens (tertiary/aromatic N) is 4. The zero-order chi connectivity index (χ0) is 15.1. The minimum atomic E-state index is 0.950. The van der Waals surface area contributed by atoms with Crippen LogP contribution in [0.3, 0.4) is 0 Å². The molecule has 4 aromatic rings. The highest BCUT2D eigenvalue weighted by atomic mass is 32.1. The van der Waals surface area contributed by atoms with Crippen molar-refractivity contribution < 1.29 is 0 Å². The molecule has 108 valence electrons. The Kier molecular flexibility index (Phi) is 3.01.